The Hall–Kier alpha value is -1.60. The molecule has 0 aliphatic carbocycles. The van der Waals surface area contributed by atoms with Crippen molar-refractivity contribution in [1.82, 2.24) is 5.01 Å². The van der Waals surface area contributed by atoms with Gasteiger partial charge in [-0.15, -0.1) is 11.3 Å². The zero-order valence-corrected chi connectivity index (χ0v) is 13.1. The van der Waals surface area contributed by atoms with Gasteiger partial charge >= 0.3 is 6.18 Å². The molecule has 3 nitrogen and oxygen atoms in total. The maximum atomic E-state index is 13.1. The van der Waals surface area contributed by atoms with Crippen LogP contribution in [0, 0.1) is 13.8 Å². The highest BCUT2D eigenvalue weighted by atomic mass is 32.1. The fraction of sp³-hybridized carbons (Fsp3) is 0.400. The molecule has 3 rings (SSSR count). The largest absolute Gasteiger partial charge is 0.438 e. The van der Waals surface area contributed by atoms with Gasteiger partial charge in [0, 0.05) is 11.7 Å². The van der Waals surface area contributed by atoms with Crippen molar-refractivity contribution >= 4 is 27.1 Å². The number of thiophene rings is 1. The highest BCUT2D eigenvalue weighted by Crippen LogP contribution is 2.42. The molecule has 1 aromatic heterocycles. The lowest BCUT2D eigenvalue weighted by Gasteiger charge is -2.31. The molecule has 118 valence electrons. The first-order valence-corrected chi connectivity index (χ1v) is 7.55. The van der Waals surface area contributed by atoms with Crippen LogP contribution < -0.4 is 0 Å². The third-order valence-electron chi connectivity index (χ3n) is 4.03. The fourth-order valence-electron chi connectivity index (χ4n) is 2.67. The lowest BCUT2D eigenvalue weighted by atomic mass is 10.0. The van der Waals surface area contributed by atoms with Crippen molar-refractivity contribution in [2.75, 3.05) is 7.05 Å². The first kappa shape index (κ1) is 15.3. The highest BCUT2D eigenvalue weighted by molar-refractivity contribution is 7.21. The molecule has 7 heteroatoms. The van der Waals surface area contributed by atoms with Crippen LogP contribution in [0.2, 0.25) is 0 Å². The molecule has 1 aromatic carbocycles. The zero-order chi connectivity index (χ0) is 16.3. The van der Waals surface area contributed by atoms with Crippen molar-refractivity contribution in [1.29, 1.82) is 0 Å². The van der Waals surface area contributed by atoms with Gasteiger partial charge in [-0.3, -0.25) is 5.01 Å². The van der Waals surface area contributed by atoms with E-state index >= 15 is 0 Å². The lowest BCUT2D eigenvalue weighted by molar-refractivity contribution is -0.303. The average molecular weight is 328 g/mol. The molecule has 0 unspecified atom stereocenters. The monoisotopic (exact) mass is 328 g/mol. The number of hydrogen-bond acceptors (Lipinski definition) is 4. The number of aliphatic hydroxyl groups is 1. The molecule has 0 fully saturated rings. The van der Waals surface area contributed by atoms with Crippen LogP contribution in [0.15, 0.2) is 23.3 Å². The smallest absolute Gasteiger partial charge is 0.362 e. The van der Waals surface area contributed by atoms with Crippen LogP contribution in [0.4, 0.5) is 13.2 Å². The van der Waals surface area contributed by atoms with Gasteiger partial charge < -0.3 is 5.11 Å². The van der Waals surface area contributed by atoms with E-state index in [4.69, 9.17) is 0 Å². The van der Waals surface area contributed by atoms with Gasteiger partial charge in [0.15, 0.2) is 0 Å². The summed E-state index contributed by atoms with van der Waals surface area (Å²) in [5, 5.41) is 15.5. The van der Waals surface area contributed by atoms with E-state index in [1.165, 1.54) is 11.3 Å². The van der Waals surface area contributed by atoms with Crippen LogP contribution in [0.25, 0.3) is 10.1 Å². The Kier molecular flexibility index (Phi) is 3.27. The van der Waals surface area contributed by atoms with E-state index in [1.807, 2.05) is 32.0 Å². The van der Waals surface area contributed by atoms with Crippen molar-refractivity contribution < 1.29 is 18.3 Å². The molecule has 22 heavy (non-hydrogen) atoms. The van der Waals surface area contributed by atoms with Crippen LogP contribution in [-0.4, -0.2) is 34.8 Å². The molecule has 1 atom stereocenters. The first-order valence-electron chi connectivity index (χ1n) is 6.74. The zero-order valence-electron chi connectivity index (χ0n) is 12.3. The van der Waals surface area contributed by atoms with Crippen LogP contribution in [0.5, 0.6) is 0 Å². The third kappa shape index (κ3) is 2.11. The summed E-state index contributed by atoms with van der Waals surface area (Å²) >= 11 is 1.41. The fourth-order valence-corrected chi connectivity index (χ4v) is 3.84. The highest BCUT2D eigenvalue weighted by Gasteiger charge is 2.60. The molecule has 1 aliphatic heterocycles. The minimum Gasteiger partial charge on any atom is -0.362 e. The Balaban J connectivity index is 2.07. The molecule has 1 aliphatic rings. The summed E-state index contributed by atoms with van der Waals surface area (Å²) in [4.78, 5) is 0.702. The van der Waals surface area contributed by atoms with Crippen molar-refractivity contribution in [3.8, 4) is 0 Å². The van der Waals surface area contributed by atoms with Gasteiger partial charge in [-0.2, -0.15) is 18.3 Å². The van der Waals surface area contributed by atoms with Gasteiger partial charge in [0.2, 0.25) is 0 Å². The van der Waals surface area contributed by atoms with Crippen LogP contribution in [0.3, 0.4) is 0 Å². The molecule has 0 bridgehead atoms. The predicted octanol–water partition coefficient (Wildman–Crippen LogP) is 3.81. The molecule has 0 saturated carbocycles. The Bertz CT molecular complexity index is 781. The van der Waals surface area contributed by atoms with Gasteiger partial charge in [-0.1, -0.05) is 17.7 Å². The van der Waals surface area contributed by atoms with E-state index in [1.54, 1.807) is 0 Å². The average Bonchev–Trinajstić information content (AvgIpc) is 2.89. The second-order valence-corrected chi connectivity index (χ2v) is 6.67. The number of halogens is 3. The lowest BCUT2D eigenvalue weighted by Crippen LogP contribution is -2.53. The molecule has 2 heterocycles. The number of benzene rings is 1. The molecular weight excluding hydrogens is 313 g/mol. The number of aryl methyl sites for hydroxylation is 2. The third-order valence-corrected chi connectivity index (χ3v) is 5.35. The Morgan fingerprint density at radius 2 is 2.00 bits per heavy atom. The molecule has 0 radical (unpaired) electrons. The van der Waals surface area contributed by atoms with Gasteiger partial charge in [-0.05, 0) is 30.9 Å². The summed E-state index contributed by atoms with van der Waals surface area (Å²) < 4.78 is 40.2. The van der Waals surface area contributed by atoms with Gasteiger partial charge in [-0.25, -0.2) is 0 Å². The Morgan fingerprint density at radius 1 is 1.32 bits per heavy atom. The number of hydrogen-bond donors (Lipinski definition) is 1. The number of hydrazone groups is 1. The van der Waals surface area contributed by atoms with Gasteiger partial charge in [0.25, 0.3) is 5.72 Å². The molecule has 2 aromatic rings. The second kappa shape index (κ2) is 4.70. The van der Waals surface area contributed by atoms with Crippen molar-refractivity contribution in [2.45, 2.75) is 32.2 Å². The van der Waals surface area contributed by atoms with Crippen LogP contribution >= 0.6 is 11.3 Å². The Labute approximate surface area is 129 Å². The number of fused-ring (bicyclic) bond motifs is 1. The quantitative estimate of drug-likeness (QED) is 0.864. The summed E-state index contributed by atoms with van der Waals surface area (Å²) in [7, 11) is 1.15. The minimum atomic E-state index is -4.76. The molecule has 0 amide bonds. The SMILES string of the molecule is Cc1ccc2sc(C3=NN(C)[C@@](O)(C(F)(F)F)C3)c(C)c2c1. The topological polar surface area (TPSA) is 35.8 Å². The summed E-state index contributed by atoms with van der Waals surface area (Å²) in [6.07, 6.45) is -5.31. The van der Waals surface area contributed by atoms with Crippen LogP contribution in [0.1, 0.15) is 22.4 Å². The number of alkyl halides is 3. The minimum absolute atomic E-state index is 0.277. The number of rotatable bonds is 1. The van der Waals surface area contributed by atoms with Crippen LogP contribution in [-0.2, 0) is 0 Å². The van der Waals surface area contributed by atoms with E-state index < -0.39 is 18.3 Å². The van der Waals surface area contributed by atoms with E-state index in [9.17, 15) is 18.3 Å². The van der Waals surface area contributed by atoms with Crippen molar-refractivity contribution in [2.24, 2.45) is 5.10 Å². The first-order chi connectivity index (χ1) is 10.1. The normalized spacial score (nSPS) is 22.5. The van der Waals surface area contributed by atoms with Gasteiger partial charge in [0.1, 0.15) is 0 Å². The van der Waals surface area contributed by atoms with E-state index in [0.29, 0.717) is 9.89 Å². The second-order valence-electron chi connectivity index (χ2n) is 5.62. The summed E-state index contributed by atoms with van der Waals surface area (Å²) in [6.45, 7) is 3.85. The maximum absolute atomic E-state index is 13.1. The van der Waals surface area contributed by atoms with Crippen molar-refractivity contribution in [3.05, 3.63) is 34.2 Å². The summed E-state index contributed by atoms with van der Waals surface area (Å²) in [6, 6.07) is 5.94. The van der Waals surface area contributed by atoms with E-state index in [-0.39, 0.29) is 5.71 Å². The molecule has 0 saturated heterocycles. The van der Waals surface area contributed by atoms with Gasteiger partial charge in [0.05, 0.1) is 17.0 Å². The van der Waals surface area contributed by atoms with Crippen molar-refractivity contribution in [3.63, 3.8) is 0 Å². The summed E-state index contributed by atoms with van der Waals surface area (Å²) in [5.41, 5.74) is -0.654. The molecule has 0 spiro atoms. The Morgan fingerprint density at radius 3 is 2.59 bits per heavy atom. The predicted molar refractivity (Wildman–Crippen MR) is 81.2 cm³/mol. The standard InChI is InChI=1S/C15H15F3N2OS/c1-8-4-5-12-10(6-8)9(2)13(22-12)11-7-14(21,15(16,17)18)20(3)19-11/h4-6,21H,7H2,1-3H3/t14-/m0/s1. The van der Waals surface area contributed by atoms with E-state index in [0.717, 1.165) is 28.3 Å². The maximum Gasteiger partial charge on any atom is 0.438 e. The summed E-state index contributed by atoms with van der Waals surface area (Å²) in [5.74, 6) is 0. The number of nitrogens with zero attached hydrogens (tertiary/aromatic N) is 2. The van der Waals surface area contributed by atoms with E-state index in [2.05, 4.69) is 5.10 Å². The molecular formula is C15H15F3N2OS. The molecule has 1 N–H and O–H groups in total.